The molecule has 8 heteroatoms. The molecule has 0 aromatic heterocycles. The van der Waals surface area contributed by atoms with Crippen molar-refractivity contribution in [1.29, 1.82) is 0 Å². The Kier molecular flexibility index (Phi) is 8.85. The van der Waals surface area contributed by atoms with Crippen molar-refractivity contribution in [2.45, 2.75) is 69.5 Å². The Morgan fingerprint density at radius 2 is 1.62 bits per heavy atom. The lowest BCUT2D eigenvalue weighted by atomic mass is 9.95. The Morgan fingerprint density at radius 1 is 1.00 bits per heavy atom. The smallest absolute Gasteiger partial charge is 0.243 e. The molecule has 1 saturated carbocycles. The van der Waals surface area contributed by atoms with E-state index in [0.29, 0.717) is 0 Å². The molecule has 2 amide bonds. The van der Waals surface area contributed by atoms with Gasteiger partial charge in [-0.1, -0.05) is 67.3 Å². The summed E-state index contributed by atoms with van der Waals surface area (Å²) in [5.74, 6) is -0.631. The summed E-state index contributed by atoms with van der Waals surface area (Å²) in [6.07, 6.45) is 5.26. The quantitative estimate of drug-likeness (QED) is 0.589. The van der Waals surface area contributed by atoms with Gasteiger partial charge in [0.2, 0.25) is 21.8 Å². The molecule has 0 spiro atoms. The summed E-state index contributed by atoms with van der Waals surface area (Å²) in [5.41, 5.74) is 1.82. The number of nitrogens with zero attached hydrogens (tertiary/aromatic N) is 2. The summed E-state index contributed by atoms with van der Waals surface area (Å²) < 4.78 is 27.0. The topological polar surface area (TPSA) is 86.8 Å². The summed E-state index contributed by atoms with van der Waals surface area (Å²) in [7, 11) is -2.45. The predicted molar refractivity (Wildman–Crippen MR) is 132 cm³/mol. The molecule has 1 aliphatic carbocycles. The minimum atomic E-state index is -3.84. The van der Waals surface area contributed by atoms with Crippen LogP contribution in [0, 0.1) is 6.92 Å². The maximum Gasteiger partial charge on any atom is 0.243 e. The normalized spacial score (nSPS) is 15.6. The van der Waals surface area contributed by atoms with Crippen LogP contribution in [0.15, 0.2) is 59.5 Å². The van der Waals surface area contributed by atoms with Crippen LogP contribution in [-0.4, -0.2) is 55.1 Å². The van der Waals surface area contributed by atoms with E-state index < -0.39 is 22.0 Å². The van der Waals surface area contributed by atoms with Gasteiger partial charge in [-0.2, -0.15) is 4.31 Å². The third-order valence-electron chi connectivity index (χ3n) is 6.40. The van der Waals surface area contributed by atoms with Gasteiger partial charge in [0.1, 0.15) is 6.04 Å². The number of carbonyl (C=O) groups excluding carboxylic acids is 2. The van der Waals surface area contributed by atoms with Gasteiger partial charge in [-0.15, -0.1) is 0 Å². The van der Waals surface area contributed by atoms with Crippen LogP contribution in [0.4, 0.5) is 0 Å². The van der Waals surface area contributed by atoms with E-state index >= 15 is 0 Å². The van der Waals surface area contributed by atoms with E-state index in [0.717, 1.165) is 41.1 Å². The molecule has 1 N–H and O–H groups in total. The van der Waals surface area contributed by atoms with Gasteiger partial charge in [0.15, 0.2) is 0 Å². The second-order valence-electron chi connectivity index (χ2n) is 9.10. The van der Waals surface area contributed by atoms with Crippen molar-refractivity contribution in [1.82, 2.24) is 14.5 Å². The van der Waals surface area contributed by atoms with Gasteiger partial charge in [-0.05, 0) is 44.4 Å². The van der Waals surface area contributed by atoms with Crippen molar-refractivity contribution >= 4 is 21.8 Å². The second kappa shape index (κ2) is 11.6. The Labute approximate surface area is 203 Å². The van der Waals surface area contributed by atoms with Crippen LogP contribution in [0.25, 0.3) is 0 Å². The Hall–Kier alpha value is -2.71. The van der Waals surface area contributed by atoms with Crippen LogP contribution in [0.5, 0.6) is 0 Å². The fourth-order valence-corrected chi connectivity index (χ4v) is 5.31. The van der Waals surface area contributed by atoms with E-state index in [-0.39, 0.29) is 29.9 Å². The van der Waals surface area contributed by atoms with Crippen molar-refractivity contribution in [2.75, 3.05) is 13.6 Å². The maximum atomic E-state index is 13.4. The first kappa shape index (κ1) is 25.9. The Bertz CT molecular complexity index is 1060. The number of rotatable bonds is 9. The van der Waals surface area contributed by atoms with Crippen LogP contribution >= 0.6 is 0 Å². The lowest BCUT2D eigenvalue weighted by Gasteiger charge is -2.32. The van der Waals surface area contributed by atoms with Crippen molar-refractivity contribution in [2.24, 2.45) is 0 Å². The monoisotopic (exact) mass is 485 g/mol. The predicted octanol–water partition coefficient (Wildman–Crippen LogP) is 3.48. The number of hydrogen-bond donors (Lipinski definition) is 1. The molecule has 0 radical (unpaired) electrons. The zero-order chi connectivity index (χ0) is 24.7. The first-order valence-corrected chi connectivity index (χ1v) is 13.3. The van der Waals surface area contributed by atoms with Gasteiger partial charge in [0.25, 0.3) is 0 Å². The maximum absolute atomic E-state index is 13.4. The largest absolute Gasteiger partial charge is 0.352 e. The lowest BCUT2D eigenvalue weighted by Crippen LogP contribution is -2.52. The SMILES string of the molecule is Cc1ccc(S(=O)(=O)N(C)CC(=O)N(Cc2ccccc2)[C@@H](C)C(=O)NC2CCCCC2)cc1. The Balaban J connectivity index is 1.76. The fraction of sp³-hybridized carbons (Fsp3) is 0.462. The standard InChI is InChI=1S/C26H35N3O4S/c1-20-14-16-24(17-15-20)34(32,33)28(3)19-25(30)29(18-22-10-6-4-7-11-22)21(2)26(31)27-23-12-8-5-9-13-23/h4,6-7,10-11,14-17,21,23H,5,8-9,12-13,18-19H2,1-3H3,(H,27,31)/t21-/m0/s1. The number of hydrogen-bond acceptors (Lipinski definition) is 4. The van der Waals surface area contributed by atoms with Gasteiger partial charge in [0, 0.05) is 19.6 Å². The molecular weight excluding hydrogens is 450 g/mol. The van der Waals surface area contributed by atoms with Gasteiger partial charge >= 0.3 is 0 Å². The van der Waals surface area contributed by atoms with E-state index in [9.17, 15) is 18.0 Å². The minimum Gasteiger partial charge on any atom is -0.352 e. The van der Waals surface area contributed by atoms with Crippen LogP contribution < -0.4 is 5.32 Å². The van der Waals surface area contributed by atoms with Crippen LogP contribution in [0.3, 0.4) is 0 Å². The number of sulfonamides is 1. The summed E-state index contributed by atoms with van der Waals surface area (Å²) in [5, 5.41) is 3.09. The van der Waals surface area contributed by atoms with Gasteiger partial charge in [0.05, 0.1) is 11.4 Å². The van der Waals surface area contributed by atoms with Crippen LogP contribution in [0.2, 0.25) is 0 Å². The van der Waals surface area contributed by atoms with E-state index in [2.05, 4.69) is 5.32 Å². The van der Waals surface area contributed by atoms with E-state index in [1.165, 1.54) is 30.5 Å². The fourth-order valence-electron chi connectivity index (χ4n) is 4.19. The molecule has 0 heterocycles. The second-order valence-corrected chi connectivity index (χ2v) is 11.1. The highest BCUT2D eigenvalue weighted by molar-refractivity contribution is 7.89. The molecule has 34 heavy (non-hydrogen) atoms. The number of amides is 2. The van der Waals surface area contributed by atoms with Crippen molar-refractivity contribution < 1.29 is 18.0 Å². The molecule has 0 aliphatic heterocycles. The summed E-state index contributed by atoms with van der Waals surface area (Å²) >= 11 is 0. The summed E-state index contributed by atoms with van der Waals surface area (Å²) in [6, 6.07) is 15.3. The summed E-state index contributed by atoms with van der Waals surface area (Å²) in [6.45, 7) is 3.44. The summed E-state index contributed by atoms with van der Waals surface area (Å²) in [4.78, 5) is 28.0. The molecule has 2 aromatic rings. The zero-order valence-corrected chi connectivity index (χ0v) is 21.1. The number of likely N-dealkylation sites (N-methyl/N-ethyl adjacent to an activating group) is 1. The highest BCUT2D eigenvalue weighted by atomic mass is 32.2. The molecule has 7 nitrogen and oxygen atoms in total. The number of nitrogens with one attached hydrogen (secondary N) is 1. The minimum absolute atomic E-state index is 0.127. The molecule has 1 atom stereocenters. The first-order chi connectivity index (χ1) is 16.2. The molecule has 184 valence electrons. The molecule has 0 unspecified atom stereocenters. The highest BCUT2D eigenvalue weighted by Gasteiger charge is 2.31. The molecule has 0 saturated heterocycles. The van der Waals surface area contributed by atoms with E-state index in [1.54, 1.807) is 19.1 Å². The van der Waals surface area contributed by atoms with Crippen molar-refractivity contribution in [3.05, 3.63) is 65.7 Å². The number of carbonyl (C=O) groups is 2. The van der Waals surface area contributed by atoms with Crippen LogP contribution in [-0.2, 0) is 26.2 Å². The molecule has 1 fully saturated rings. The molecular formula is C26H35N3O4S. The van der Waals surface area contributed by atoms with Crippen molar-refractivity contribution in [3.63, 3.8) is 0 Å². The molecule has 3 rings (SSSR count). The average Bonchev–Trinajstić information content (AvgIpc) is 2.83. The van der Waals surface area contributed by atoms with E-state index in [4.69, 9.17) is 0 Å². The van der Waals surface area contributed by atoms with Crippen LogP contribution in [0.1, 0.15) is 50.2 Å². The molecule has 0 bridgehead atoms. The third-order valence-corrected chi connectivity index (χ3v) is 8.22. The van der Waals surface area contributed by atoms with Crippen molar-refractivity contribution in [3.8, 4) is 0 Å². The number of benzene rings is 2. The molecule has 1 aliphatic rings. The van der Waals surface area contributed by atoms with Gasteiger partial charge in [-0.25, -0.2) is 8.42 Å². The number of aryl methyl sites for hydroxylation is 1. The first-order valence-electron chi connectivity index (χ1n) is 11.9. The Morgan fingerprint density at radius 3 is 2.24 bits per heavy atom. The highest BCUT2D eigenvalue weighted by Crippen LogP contribution is 2.19. The van der Waals surface area contributed by atoms with Gasteiger partial charge < -0.3 is 10.2 Å². The van der Waals surface area contributed by atoms with Gasteiger partial charge in [-0.3, -0.25) is 9.59 Å². The third kappa shape index (κ3) is 6.67. The molecule has 2 aromatic carbocycles. The zero-order valence-electron chi connectivity index (χ0n) is 20.2. The average molecular weight is 486 g/mol. The lowest BCUT2D eigenvalue weighted by molar-refractivity contribution is -0.141. The van der Waals surface area contributed by atoms with E-state index in [1.807, 2.05) is 37.3 Å².